The largest absolute Gasteiger partial charge is 0.497 e. The molecule has 1 N–H and O–H groups in total. The third kappa shape index (κ3) is 5.75. The van der Waals surface area contributed by atoms with Gasteiger partial charge in [0.2, 0.25) is 5.91 Å². The molecule has 34 heavy (non-hydrogen) atoms. The Balaban J connectivity index is 1.71. The Bertz CT molecular complexity index is 1070. The molecule has 0 bridgehead atoms. The molecule has 1 fully saturated rings. The third-order valence-corrected chi connectivity index (χ3v) is 6.24. The summed E-state index contributed by atoms with van der Waals surface area (Å²) in [5.41, 5.74) is 1.25. The van der Waals surface area contributed by atoms with E-state index in [2.05, 4.69) is 5.32 Å². The zero-order valence-corrected chi connectivity index (χ0v) is 19.5. The van der Waals surface area contributed by atoms with E-state index >= 15 is 4.39 Å². The number of rotatable bonds is 9. The normalized spacial score (nSPS) is 14.9. The van der Waals surface area contributed by atoms with Crippen LogP contribution in [-0.2, 0) is 4.79 Å². The highest BCUT2D eigenvalue weighted by molar-refractivity contribution is 5.80. The minimum atomic E-state index is -0.599. The summed E-state index contributed by atoms with van der Waals surface area (Å²) >= 11 is 0. The first kappa shape index (κ1) is 23.8. The lowest BCUT2D eigenvalue weighted by atomic mass is 9.92. The summed E-state index contributed by atoms with van der Waals surface area (Å²) in [5, 5.41) is 3.32. The number of benzene rings is 3. The van der Waals surface area contributed by atoms with Gasteiger partial charge in [-0.3, -0.25) is 4.79 Å². The maximum atomic E-state index is 15.2. The van der Waals surface area contributed by atoms with Gasteiger partial charge in [0.15, 0.2) is 0 Å². The van der Waals surface area contributed by atoms with Crippen LogP contribution >= 0.6 is 0 Å². The highest BCUT2D eigenvalue weighted by Crippen LogP contribution is 2.34. The van der Waals surface area contributed by atoms with Crippen molar-refractivity contribution in [2.45, 2.75) is 18.9 Å². The van der Waals surface area contributed by atoms with E-state index in [9.17, 15) is 4.79 Å². The molecule has 1 saturated heterocycles. The molecule has 4 rings (SSSR count). The molecule has 0 aromatic heterocycles. The van der Waals surface area contributed by atoms with Gasteiger partial charge in [0, 0.05) is 11.5 Å². The van der Waals surface area contributed by atoms with Crippen LogP contribution in [0.15, 0.2) is 78.9 Å². The fraction of sp³-hybridized carbons (Fsp3) is 0.321. The molecule has 1 amide bonds. The Kier molecular flexibility index (Phi) is 8.15. The van der Waals surface area contributed by atoms with Crippen LogP contribution in [0.4, 0.5) is 4.39 Å². The Morgan fingerprint density at radius 2 is 1.71 bits per heavy atom. The molecule has 1 unspecified atom stereocenters. The first-order valence-electron chi connectivity index (χ1n) is 11.7. The van der Waals surface area contributed by atoms with Crippen molar-refractivity contribution in [2.24, 2.45) is 5.92 Å². The van der Waals surface area contributed by atoms with Crippen LogP contribution in [0, 0.1) is 11.7 Å². The Labute approximate surface area is 200 Å². The van der Waals surface area contributed by atoms with E-state index in [1.807, 2.05) is 54.6 Å². The number of methoxy groups -OCH3 is 1. The van der Waals surface area contributed by atoms with E-state index in [4.69, 9.17) is 9.47 Å². The molecule has 0 radical (unpaired) electrons. The summed E-state index contributed by atoms with van der Waals surface area (Å²) in [6.45, 7) is 2.23. The van der Waals surface area contributed by atoms with Crippen molar-refractivity contribution < 1.29 is 18.7 Å². The topological polar surface area (TPSA) is 50.8 Å². The molecular formula is C28H31FN2O3. The number of hydrogen-bond acceptors (Lipinski definition) is 4. The van der Waals surface area contributed by atoms with Gasteiger partial charge in [-0.05, 0) is 61.8 Å². The standard InChI is InChI=1S/C28H31FN2O3/c1-33-24-11-7-8-22(20-24)27(25-12-5-6-13-26(25)29)31(28(32)21-14-16-30-17-15-21)18-19-34-23-9-3-2-4-10-23/h2-13,20-21,27,30H,14-19H2,1H3. The molecule has 0 saturated carbocycles. The number of hydrogen-bond donors (Lipinski definition) is 1. The van der Waals surface area contributed by atoms with E-state index in [0.29, 0.717) is 24.5 Å². The summed E-state index contributed by atoms with van der Waals surface area (Å²) in [6.07, 6.45) is 1.52. The van der Waals surface area contributed by atoms with Crippen molar-refractivity contribution in [1.82, 2.24) is 10.2 Å². The molecule has 0 spiro atoms. The average molecular weight is 463 g/mol. The van der Waals surface area contributed by atoms with Crippen molar-refractivity contribution in [3.05, 3.63) is 95.8 Å². The lowest BCUT2D eigenvalue weighted by molar-refractivity contribution is -0.138. The number of halogens is 1. The molecule has 1 atom stereocenters. The highest BCUT2D eigenvalue weighted by Gasteiger charge is 2.33. The van der Waals surface area contributed by atoms with Gasteiger partial charge in [0.25, 0.3) is 0 Å². The van der Waals surface area contributed by atoms with E-state index in [1.165, 1.54) is 6.07 Å². The first-order valence-corrected chi connectivity index (χ1v) is 11.7. The van der Waals surface area contributed by atoms with E-state index < -0.39 is 6.04 Å². The minimum Gasteiger partial charge on any atom is -0.497 e. The zero-order chi connectivity index (χ0) is 23.8. The van der Waals surface area contributed by atoms with Crippen LogP contribution in [0.5, 0.6) is 11.5 Å². The predicted octanol–water partition coefficient (Wildman–Crippen LogP) is 4.83. The number of nitrogens with one attached hydrogen (secondary N) is 1. The second-order valence-electron chi connectivity index (χ2n) is 8.42. The number of carbonyl (C=O) groups is 1. The third-order valence-electron chi connectivity index (χ3n) is 6.24. The molecule has 5 nitrogen and oxygen atoms in total. The Morgan fingerprint density at radius 1 is 1.00 bits per heavy atom. The lowest BCUT2D eigenvalue weighted by Gasteiger charge is -2.36. The van der Waals surface area contributed by atoms with Gasteiger partial charge in [-0.1, -0.05) is 48.5 Å². The Morgan fingerprint density at radius 3 is 2.44 bits per heavy atom. The number of amides is 1. The van der Waals surface area contributed by atoms with E-state index in [-0.39, 0.29) is 17.6 Å². The van der Waals surface area contributed by atoms with Crippen LogP contribution < -0.4 is 14.8 Å². The van der Waals surface area contributed by atoms with Crippen LogP contribution in [0.1, 0.15) is 30.0 Å². The van der Waals surface area contributed by atoms with Crippen molar-refractivity contribution in [3.63, 3.8) is 0 Å². The van der Waals surface area contributed by atoms with Gasteiger partial charge in [0.05, 0.1) is 19.7 Å². The van der Waals surface area contributed by atoms with Crippen molar-refractivity contribution in [1.29, 1.82) is 0 Å². The van der Waals surface area contributed by atoms with Gasteiger partial charge in [0.1, 0.15) is 23.9 Å². The van der Waals surface area contributed by atoms with Gasteiger partial charge in [-0.25, -0.2) is 4.39 Å². The molecule has 1 aliphatic rings. The fourth-order valence-corrected chi connectivity index (χ4v) is 4.48. The average Bonchev–Trinajstić information content (AvgIpc) is 2.90. The van der Waals surface area contributed by atoms with Crippen LogP contribution in [0.25, 0.3) is 0 Å². The van der Waals surface area contributed by atoms with Gasteiger partial charge < -0.3 is 19.7 Å². The van der Waals surface area contributed by atoms with Crippen LogP contribution in [-0.4, -0.2) is 44.2 Å². The summed E-state index contributed by atoms with van der Waals surface area (Å²) < 4.78 is 26.5. The van der Waals surface area contributed by atoms with E-state index in [1.54, 1.807) is 30.2 Å². The Hall–Kier alpha value is -3.38. The lowest BCUT2D eigenvalue weighted by Crippen LogP contribution is -2.45. The van der Waals surface area contributed by atoms with Crippen molar-refractivity contribution in [3.8, 4) is 11.5 Å². The predicted molar refractivity (Wildman–Crippen MR) is 130 cm³/mol. The number of carbonyl (C=O) groups excluding carboxylic acids is 1. The number of ether oxygens (including phenoxy) is 2. The quantitative estimate of drug-likeness (QED) is 0.495. The van der Waals surface area contributed by atoms with Crippen LogP contribution in [0.2, 0.25) is 0 Å². The number of nitrogens with zero attached hydrogens (tertiary/aromatic N) is 1. The zero-order valence-electron chi connectivity index (χ0n) is 19.5. The second-order valence-corrected chi connectivity index (χ2v) is 8.42. The number of piperidine rings is 1. The van der Waals surface area contributed by atoms with Crippen molar-refractivity contribution in [2.75, 3.05) is 33.4 Å². The van der Waals surface area contributed by atoms with E-state index in [0.717, 1.165) is 37.2 Å². The summed E-state index contributed by atoms with van der Waals surface area (Å²) in [7, 11) is 1.60. The summed E-state index contributed by atoms with van der Waals surface area (Å²) in [5.74, 6) is 0.962. The smallest absolute Gasteiger partial charge is 0.226 e. The molecule has 178 valence electrons. The molecule has 3 aromatic carbocycles. The van der Waals surface area contributed by atoms with Gasteiger partial charge >= 0.3 is 0 Å². The molecule has 6 heteroatoms. The molecule has 0 aliphatic carbocycles. The molecular weight excluding hydrogens is 431 g/mol. The maximum absolute atomic E-state index is 15.2. The molecule has 1 aliphatic heterocycles. The second kappa shape index (κ2) is 11.7. The number of para-hydroxylation sites is 1. The monoisotopic (exact) mass is 462 g/mol. The minimum absolute atomic E-state index is 0.0224. The SMILES string of the molecule is COc1cccc(C(c2ccccc2F)N(CCOc2ccccc2)C(=O)C2CCNCC2)c1. The summed E-state index contributed by atoms with van der Waals surface area (Å²) in [4.78, 5) is 15.7. The summed E-state index contributed by atoms with van der Waals surface area (Å²) in [6, 6.07) is 23.1. The van der Waals surface area contributed by atoms with Crippen LogP contribution in [0.3, 0.4) is 0 Å². The maximum Gasteiger partial charge on any atom is 0.226 e. The fourth-order valence-electron chi connectivity index (χ4n) is 4.48. The first-order chi connectivity index (χ1) is 16.7. The van der Waals surface area contributed by atoms with Gasteiger partial charge in [-0.2, -0.15) is 0 Å². The van der Waals surface area contributed by atoms with Gasteiger partial charge in [-0.15, -0.1) is 0 Å². The molecule has 3 aromatic rings. The van der Waals surface area contributed by atoms with Crippen molar-refractivity contribution >= 4 is 5.91 Å². The highest BCUT2D eigenvalue weighted by atomic mass is 19.1. The molecule has 1 heterocycles.